The van der Waals surface area contributed by atoms with Crippen molar-refractivity contribution in [1.29, 1.82) is 0 Å². The van der Waals surface area contributed by atoms with E-state index in [1.165, 1.54) is 0 Å². The van der Waals surface area contributed by atoms with Crippen LogP contribution in [0.1, 0.15) is 18.4 Å². The zero-order valence-corrected chi connectivity index (χ0v) is 9.95. The number of carbonyl (C=O) groups is 2. The van der Waals surface area contributed by atoms with Gasteiger partial charge in [-0.3, -0.25) is 9.63 Å². The fraction of sp³-hybridized carbons (Fsp3) is 0.385. The van der Waals surface area contributed by atoms with Crippen molar-refractivity contribution in [3.8, 4) is 0 Å². The van der Waals surface area contributed by atoms with E-state index in [4.69, 9.17) is 4.84 Å². The molecule has 1 aromatic carbocycles. The van der Waals surface area contributed by atoms with Gasteiger partial charge in [-0.1, -0.05) is 30.3 Å². The molecule has 0 radical (unpaired) electrons. The van der Waals surface area contributed by atoms with E-state index in [9.17, 15) is 9.59 Å². The van der Waals surface area contributed by atoms with Crippen LogP contribution < -0.4 is 0 Å². The molecule has 2 rings (SSSR count). The highest BCUT2D eigenvalue weighted by Gasteiger charge is 2.33. The Bertz CT molecular complexity index is 407. The van der Waals surface area contributed by atoms with Gasteiger partial charge in [-0.15, -0.1) is 0 Å². The van der Waals surface area contributed by atoms with Crippen LogP contribution in [0.3, 0.4) is 0 Å². The number of nitrogens with zero attached hydrogens (tertiary/aromatic N) is 1. The highest BCUT2D eigenvalue weighted by molar-refractivity contribution is 5.81. The fourth-order valence-electron chi connectivity index (χ4n) is 1.99. The Labute approximate surface area is 105 Å². The smallest absolute Gasteiger partial charge is 0.333 e. The second-order valence-electron chi connectivity index (χ2n) is 4.09. The van der Waals surface area contributed by atoms with Gasteiger partial charge in [-0.25, -0.2) is 4.79 Å². The number of hydrogen-bond acceptors (Lipinski definition) is 5. The van der Waals surface area contributed by atoms with Crippen LogP contribution in [-0.4, -0.2) is 30.1 Å². The second-order valence-corrected chi connectivity index (χ2v) is 4.09. The maximum atomic E-state index is 11.5. The van der Waals surface area contributed by atoms with Gasteiger partial charge in [0.25, 0.3) is 0 Å². The molecule has 1 atom stereocenters. The Morgan fingerprint density at radius 1 is 1.39 bits per heavy atom. The minimum atomic E-state index is -0.546. The molecule has 1 heterocycles. The molecule has 0 saturated carbocycles. The Kier molecular flexibility index (Phi) is 4.44. The molecule has 1 fully saturated rings. The molecule has 18 heavy (non-hydrogen) atoms. The summed E-state index contributed by atoms with van der Waals surface area (Å²) in [5, 5.41) is 1.60. The molecule has 5 nitrogen and oxygen atoms in total. The van der Waals surface area contributed by atoms with E-state index < -0.39 is 12.0 Å². The maximum Gasteiger partial charge on any atom is 0.333 e. The minimum Gasteiger partial charge on any atom is -0.394 e. The minimum absolute atomic E-state index is 0.163. The SMILES string of the molecule is O=COC(=O)[C@@H]1CCCN1OCc1ccccc1. The summed E-state index contributed by atoms with van der Waals surface area (Å²) in [6.07, 6.45) is 1.51. The number of benzene rings is 1. The molecule has 0 spiro atoms. The predicted octanol–water partition coefficient (Wildman–Crippen LogP) is 1.28. The molecule has 1 saturated heterocycles. The van der Waals surface area contributed by atoms with Crippen molar-refractivity contribution in [3.63, 3.8) is 0 Å². The van der Waals surface area contributed by atoms with Crippen LogP contribution >= 0.6 is 0 Å². The van der Waals surface area contributed by atoms with Crippen LogP contribution in [0.4, 0.5) is 0 Å². The first-order valence-electron chi connectivity index (χ1n) is 5.89. The standard InChI is InChI=1S/C13H15NO4/c15-10-17-13(16)12-7-4-8-14(12)18-9-11-5-2-1-3-6-11/h1-3,5-6,10,12H,4,7-9H2/t12-/m0/s1. The summed E-state index contributed by atoms with van der Waals surface area (Å²) in [4.78, 5) is 27.2. The lowest BCUT2D eigenvalue weighted by atomic mass is 10.2. The van der Waals surface area contributed by atoms with E-state index in [1.54, 1.807) is 5.06 Å². The van der Waals surface area contributed by atoms with Crippen molar-refractivity contribution in [2.45, 2.75) is 25.5 Å². The third kappa shape index (κ3) is 3.15. The average molecular weight is 249 g/mol. The van der Waals surface area contributed by atoms with Crippen molar-refractivity contribution in [3.05, 3.63) is 35.9 Å². The molecule has 0 unspecified atom stereocenters. The van der Waals surface area contributed by atoms with Gasteiger partial charge in [0.05, 0.1) is 6.61 Å². The molecule has 0 amide bonds. The normalized spacial score (nSPS) is 19.7. The van der Waals surface area contributed by atoms with Gasteiger partial charge in [0.2, 0.25) is 0 Å². The van der Waals surface area contributed by atoms with E-state index in [-0.39, 0.29) is 6.47 Å². The van der Waals surface area contributed by atoms with Crippen molar-refractivity contribution < 1.29 is 19.2 Å². The molecular formula is C13H15NO4. The summed E-state index contributed by atoms with van der Waals surface area (Å²) in [7, 11) is 0. The van der Waals surface area contributed by atoms with Crippen LogP contribution in [0.25, 0.3) is 0 Å². The van der Waals surface area contributed by atoms with Gasteiger partial charge in [0.1, 0.15) is 6.04 Å². The predicted molar refractivity (Wildman–Crippen MR) is 63.1 cm³/mol. The third-order valence-corrected chi connectivity index (χ3v) is 2.88. The van der Waals surface area contributed by atoms with E-state index in [0.717, 1.165) is 12.0 Å². The van der Waals surface area contributed by atoms with Gasteiger partial charge in [0.15, 0.2) is 0 Å². The largest absolute Gasteiger partial charge is 0.394 e. The van der Waals surface area contributed by atoms with Crippen LogP contribution in [0.2, 0.25) is 0 Å². The molecule has 1 aliphatic heterocycles. The van der Waals surface area contributed by atoms with Gasteiger partial charge < -0.3 is 4.74 Å². The highest BCUT2D eigenvalue weighted by Crippen LogP contribution is 2.19. The van der Waals surface area contributed by atoms with Gasteiger partial charge in [-0.2, -0.15) is 5.06 Å². The molecule has 96 valence electrons. The molecule has 1 aliphatic rings. The number of hydrogen-bond donors (Lipinski definition) is 0. The second kappa shape index (κ2) is 6.28. The Hall–Kier alpha value is -1.72. The van der Waals surface area contributed by atoms with Crippen LogP contribution in [0, 0.1) is 0 Å². The molecule has 0 N–H and O–H groups in total. The number of hydroxylamine groups is 2. The quantitative estimate of drug-likeness (QED) is 0.447. The van der Waals surface area contributed by atoms with E-state index >= 15 is 0 Å². The Balaban J connectivity index is 1.88. The lowest BCUT2D eigenvalue weighted by molar-refractivity contribution is -0.195. The van der Waals surface area contributed by atoms with Gasteiger partial charge >= 0.3 is 12.4 Å². The van der Waals surface area contributed by atoms with Crippen LogP contribution in [-0.2, 0) is 25.8 Å². The topological polar surface area (TPSA) is 55.8 Å². The molecule has 5 heteroatoms. The number of esters is 1. The number of rotatable bonds is 5. The molecule has 1 aromatic rings. The Morgan fingerprint density at radius 3 is 2.89 bits per heavy atom. The van der Waals surface area contributed by atoms with Gasteiger partial charge in [-0.05, 0) is 18.4 Å². The summed E-state index contributed by atoms with van der Waals surface area (Å²) < 4.78 is 4.37. The zero-order chi connectivity index (χ0) is 12.8. The highest BCUT2D eigenvalue weighted by atomic mass is 16.7. The first-order chi connectivity index (χ1) is 8.81. The zero-order valence-electron chi connectivity index (χ0n) is 9.95. The van der Waals surface area contributed by atoms with Crippen molar-refractivity contribution in [2.24, 2.45) is 0 Å². The monoisotopic (exact) mass is 249 g/mol. The molecule has 0 bridgehead atoms. The maximum absolute atomic E-state index is 11.5. The summed E-state index contributed by atoms with van der Waals surface area (Å²) in [6, 6.07) is 9.23. The lowest BCUT2D eigenvalue weighted by Gasteiger charge is -2.21. The van der Waals surface area contributed by atoms with E-state index in [1.807, 2.05) is 30.3 Å². The fourth-order valence-corrected chi connectivity index (χ4v) is 1.99. The van der Waals surface area contributed by atoms with Crippen molar-refractivity contribution in [2.75, 3.05) is 6.54 Å². The summed E-state index contributed by atoms with van der Waals surface area (Å²) in [5.74, 6) is -0.546. The lowest BCUT2D eigenvalue weighted by Crippen LogP contribution is -2.37. The molecular weight excluding hydrogens is 234 g/mol. The van der Waals surface area contributed by atoms with E-state index in [0.29, 0.717) is 19.6 Å². The number of carbonyl (C=O) groups excluding carboxylic acids is 2. The summed E-state index contributed by atoms with van der Waals surface area (Å²) >= 11 is 0. The summed E-state index contributed by atoms with van der Waals surface area (Å²) in [6.45, 7) is 1.24. The van der Waals surface area contributed by atoms with Crippen LogP contribution in [0.5, 0.6) is 0 Å². The van der Waals surface area contributed by atoms with Crippen molar-refractivity contribution >= 4 is 12.4 Å². The average Bonchev–Trinajstić information content (AvgIpc) is 2.86. The first-order valence-corrected chi connectivity index (χ1v) is 5.89. The Morgan fingerprint density at radius 2 is 2.17 bits per heavy atom. The van der Waals surface area contributed by atoms with Crippen LogP contribution in [0.15, 0.2) is 30.3 Å². The van der Waals surface area contributed by atoms with Gasteiger partial charge in [0, 0.05) is 6.54 Å². The molecule has 0 aromatic heterocycles. The summed E-state index contributed by atoms with van der Waals surface area (Å²) in [5.41, 5.74) is 1.03. The number of ether oxygens (including phenoxy) is 1. The third-order valence-electron chi connectivity index (χ3n) is 2.88. The molecule has 0 aliphatic carbocycles. The first kappa shape index (κ1) is 12.7. The van der Waals surface area contributed by atoms with Crippen molar-refractivity contribution in [1.82, 2.24) is 5.06 Å². The van der Waals surface area contributed by atoms with E-state index in [2.05, 4.69) is 4.74 Å².